The molecule has 5 rings (SSSR count). The van der Waals surface area contributed by atoms with Crippen molar-refractivity contribution in [3.05, 3.63) is 83.3 Å². The number of carbonyl (C=O) groups excluding carboxylic acids is 1. The number of benzene rings is 3. The standard InChI is InChI=1S/C28H27FN2O3/c29-20-11-13-25-23(15-20)24-16-21(12-14-26(24)31(25)17-28(33)34)30-27(32)10-4-8-19-7-3-6-18-5-1-2-9-22(18)19/h1-3,5-7,9,11,13,15,21H,4,8,10,12,14,16-17H2,(H,30,32)(H,33,34)/t21-/m0/s1. The van der Waals surface area contributed by atoms with Crippen molar-refractivity contribution in [2.45, 2.75) is 51.1 Å². The molecular weight excluding hydrogens is 431 g/mol. The zero-order valence-corrected chi connectivity index (χ0v) is 18.9. The van der Waals surface area contributed by atoms with E-state index in [-0.39, 0.29) is 24.3 Å². The van der Waals surface area contributed by atoms with Gasteiger partial charge in [-0.1, -0.05) is 42.5 Å². The molecule has 0 bridgehead atoms. The van der Waals surface area contributed by atoms with Crippen LogP contribution >= 0.6 is 0 Å². The zero-order valence-electron chi connectivity index (χ0n) is 18.9. The third kappa shape index (κ3) is 4.40. The minimum absolute atomic E-state index is 0.0224. The molecule has 5 nitrogen and oxygen atoms in total. The minimum Gasteiger partial charge on any atom is -0.480 e. The second-order valence-electron chi connectivity index (χ2n) is 9.07. The van der Waals surface area contributed by atoms with E-state index in [1.54, 1.807) is 10.6 Å². The van der Waals surface area contributed by atoms with Crippen LogP contribution in [0.5, 0.6) is 0 Å². The summed E-state index contributed by atoms with van der Waals surface area (Å²) in [6, 6.07) is 19.0. The third-order valence-corrected chi connectivity index (χ3v) is 6.82. The Morgan fingerprint density at radius 2 is 1.88 bits per heavy atom. The first-order valence-electron chi connectivity index (χ1n) is 11.8. The molecule has 6 heteroatoms. The van der Waals surface area contributed by atoms with Gasteiger partial charge in [0.05, 0.1) is 0 Å². The predicted molar refractivity (Wildman–Crippen MR) is 130 cm³/mol. The molecule has 1 aliphatic rings. The highest BCUT2D eigenvalue weighted by molar-refractivity contribution is 5.88. The second-order valence-corrected chi connectivity index (χ2v) is 9.07. The third-order valence-electron chi connectivity index (χ3n) is 6.82. The van der Waals surface area contributed by atoms with Gasteiger partial charge in [0.1, 0.15) is 12.4 Å². The smallest absolute Gasteiger partial charge is 0.323 e. The van der Waals surface area contributed by atoms with Crippen molar-refractivity contribution in [3.8, 4) is 0 Å². The number of fused-ring (bicyclic) bond motifs is 4. The molecule has 0 spiro atoms. The number of nitrogens with zero attached hydrogens (tertiary/aromatic N) is 1. The highest BCUT2D eigenvalue weighted by Gasteiger charge is 2.27. The molecule has 3 aromatic carbocycles. The van der Waals surface area contributed by atoms with E-state index in [0.29, 0.717) is 19.3 Å². The highest BCUT2D eigenvalue weighted by Crippen LogP contribution is 2.33. The fourth-order valence-electron chi connectivity index (χ4n) is 5.31. The van der Waals surface area contributed by atoms with E-state index in [0.717, 1.165) is 41.4 Å². The summed E-state index contributed by atoms with van der Waals surface area (Å²) in [5, 5.41) is 15.7. The van der Waals surface area contributed by atoms with Gasteiger partial charge in [0, 0.05) is 29.1 Å². The Labute approximate surface area is 197 Å². The molecule has 0 saturated heterocycles. The number of nitrogens with one attached hydrogen (secondary N) is 1. The van der Waals surface area contributed by atoms with Crippen molar-refractivity contribution in [2.24, 2.45) is 0 Å². The first-order valence-corrected chi connectivity index (χ1v) is 11.8. The lowest BCUT2D eigenvalue weighted by Crippen LogP contribution is -2.39. The number of halogens is 1. The predicted octanol–water partition coefficient (Wildman–Crippen LogP) is 5.01. The maximum absolute atomic E-state index is 14.0. The van der Waals surface area contributed by atoms with Gasteiger partial charge in [-0.25, -0.2) is 4.39 Å². The SMILES string of the molecule is O=C(O)Cn1c2c(c3cc(F)ccc31)C[C@@H](NC(=O)CCCc1cccc3ccccc13)CC2. The van der Waals surface area contributed by atoms with Gasteiger partial charge in [0.2, 0.25) is 5.91 Å². The summed E-state index contributed by atoms with van der Waals surface area (Å²) >= 11 is 0. The van der Waals surface area contributed by atoms with Gasteiger partial charge in [-0.05, 0) is 72.2 Å². The van der Waals surface area contributed by atoms with E-state index in [1.807, 2.05) is 12.1 Å². The lowest BCUT2D eigenvalue weighted by atomic mass is 9.91. The monoisotopic (exact) mass is 458 g/mol. The van der Waals surface area contributed by atoms with Crippen LogP contribution in [0.15, 0.2) is 60.7 Å². The Morgan fingerprint density at radius 1 is 1.06 bits per heavy atom. The summed E-state index contributed by atoms with van der Waals surface area (Å²) in [7, 11) is 0. The summed E-state index contributed by atoms with van der Waals surface area (Å²) in [6.07, 6.45) is 4.02. The average Bonchev–Trinajstić information content (AvgIpc) is 3.11. The topological polar surface area (TPSA) is 71.3 Å². The number of hydrogen-bond acceptors (Lipinski definition) is 2. The van der Waals surface area contributed by atoms with Crippen LogP contribution in [0.4, 0.5) is 4.39 Å². The fraction of sp³-hybridized carbons (Fsp3) is 0.286. The second kappa shape index (κ2) is 9.29. The number of aryl methyl sites for hydroxylation is 1. The molecular formula is C28H27FN2O3. The fourth-order valence-corrected chi connectivity index (χ4v) is 5.31. The largest absolute Gasteiger partial charge is 0.480 e. The number of hydrogen-bond donors (Lipinski definition) is 2. The van der Waals surface area contributed by atoms with Crippen LogP contribution in [-0.4, -0.2) is 27.6 Å². The zero-order chi connectivity index (χ0) is 23.7. The van der Waals surface area contributed by atoms with Gasteiger partial charge in [0.25, 0.3) is 0 Å². The number of aliphatic carboxylic acids is 1. The Morgan fingerprint density at radius 3 is 2.74 bits per heavy atom. The minimum atomic E-state index is -0.925. The van der Waals surface area contributed by atoms with E-state index in [1.165, 1.54) is 28.5 Å². The van der Waals surface area contributed by atoms with Crippen LogP contribution in [0.1, 0.15) is 36.1 Å². The lowest BCUT2D eigenvalue weighted by molar-refractivity contribution is -0.137. The lowest BCUT2D eigenvalue weighted by Gasteiger charge is -2.25. The molecule has 0 saturated carbocycles. The molecule has 1 heterocycles. The maximum atomic E-state index is 14.0. The summed E-state index contributed by atoms with van der Waals surface area (Å²) in [5.41, 5.74) is 3.87. The van der Waals surface area contributed by atoms with E-state index >= 15 is 0 Å². The number of carbonyl (C=O) groups is 2. The quantitative estimate of drug-likeness (QED) is 0.409. The Hall–Kier alpha value is -3.67. The first kappa shape index (κ1) is 22.1. The molecule has 1 aliphatic carbocycles. The summed E-state index contributed by atoms with van der Waals surface area (Å²) in [6.45, 7) is -0.150. The molecule has 34 heavy (non-hydrogen) atoms. The summed E-state index contributed by atoms with van der Waals surface area (Å²) in [5.74, 6) is -1.25. The van der Waals surface area contributed by atoms with Crippen molar-refractivity contribution in [1.29, 1.82) is 0 Å². The summed E-state index contributed by atoms with van der Waals surface area (Å²) < 4.78 is 15.7. The van der Waals surface area contributed by atoms with Crippen molar-refractivity contribution < 1.29 is 19.1 Å². The molecule has 1 aromatic heterocycles. The normalized spacial score (nSPS) is 15.4. The molecule has 0 unspecified atom stereocenters. The van der Waals surface area contributed by atoms with Gasteiger partial charge >= 0.3 is 5.97 Å². The molecule has 0 fully saturated rings. The van der Waals surface area contributed by atoms with Crippen molar-refractivity contribution >= 4 is 33.6 Å². The molecule has 1 amide bonds. The van der Waals surface area contributed by atoms with Crippen LogP contribution in [0.25, 0.3) is 21.7 Å². The highest BCUT2D eigenvalue weighted by atomic mass is 19.1. The van der Waals surface area contributed by atoms with Crippen LogP contribution in [0.2, 0.25) is 0 Å². The van der Waals surface area contributed by atoms with Gasteiger partial charge < -0.3 is 15.0 Å². The maximum Gasteiger partial charge on any atom is 0.323 e. The number of rotatable bonds is 7. The Bertz CT molecular complexity index is 1390. The van der Waals surface area contributed by atoms with Gasteiger partial charge in [0.15, 0.2) is 0 Å². The van der Waals surface area contributed by atoms with Crippen molar-refractivity contribution in [2.75, 3.05) is 0 Å². The molecule has 174 valence electrons. The Kier molecular flexibility index (Phi) is 6.05. The van der Waals surface area contributed by atoms with Gasteiger partial charge in [-0.2, -0.15) is 0 Å². The number of aromatic nitrogens is 1. The number of carboxylic acid groups (broad SMARTS) is 1. The Balaban J connectivity index is 1.25. The molecule has 0 aliphatic heterocycles. The van der Waals surface area contributed by atoms with Crippen LogP contribution in [0, 0.1) is 5.82 Å². The molecule has 1 atom stereocenters. The van der Waals surface area contributed by atoms with Crippen molar-refractivity contribution in [3.63, 3.8) is 0 Å². The van der Waals surface area contributed by atoms with E-state index in [4.69, 9.17) is 0 Å². The van der Waals surface area contributed by atoms with Crippen LogP contribution < -0.4 is 5.32 Å². The van der Waals surface area contributed by atoms with Crippen LogP contribution in [-0.2, 0) is 35.4 Å². The molecule has 4 aromatic rings. The summed E-state index contributed by atoms with van der Waals surface area (Å²) in [4.78, 5) is 24.1. The van der Waals surface area contributed by atoms with Gasteiger partial charge in [-0.15, -0.1) is 0 Å². The first-order chi connectivity index (χ1) is 16.5. The number of carboxylic acids is 1. The average molecular weight is 459 g/mol. The van der Waals surface area contributed by atoms with Gasteiger partial charge in [-0.3, -0.25) is 9.59 Å². The van der Waals surface area contributed by atoms with E-state index < -0.39 is 5.97 Å². The van der Waals surface area contributed by atoms with Crippen molar-refractivity contribution in [1.82, 2.24) is 9.88 Å². The number of amides is 1. The van der Waals surface area contributed by atoms with Crippen LogP contribution in [0.3, 0.4) is 0 Å². The molecule has 2 N–H and O–H groups in total. The van der Waals surface area contributed by atoms with E-state index in [2.05, 4.69) is 35.6 Å². The van der Waals surface area contributed by atoms with E-state index in [9.17, 15) is 19.1 Å². The molecule has 0 radical (unpaired) electrons.